The molecular formula is C30H27N5O5. The van der Waals surface area contributed by atoms with Gasteiger partial charge in [-0.25, -0.2) is 9.97 Å². The molecule has 10 heteroatoms. The average Bonchev–Trinajstić information content (AvgIpc) is 3.01. The topological polar surface area (TPSA) is 137 Å². The Morgan fingerprint density at radius 2 is 1.40 bits per heavy atom. The molecule has 6 rings (SSSR count). The minimum Gasteiger partial charge on any atom is -0.483 e. The molecule has 2 N–H and O–H groups in total. The quantitative estimate of drug-likeness (QED) is 0.324. The van der Waals surface area contributed by atoms with E-state index >= 15 is 0 Å². The fraction of sp³-hybridized carbons (Fsp3) is 0.133. The molecule has 0 radical (unpaired) electrons. The molecule has 0 atom stereocenters. The number of hydrogen-bond donors (Lipinski definition) is 2. The van der Waals surface area contributed by atoms with Crippen LogP contribution in [0.4, 0.5) is 5.82 Å². The van der Waals surface area contributed by atoms with E-state index in [-0.39, 0.29) is 18.9 Å². The van der Waals surface area contributed by atoms with E-state index in [4.69, 9.17) is 19.8 Å². The summed E-state index contributed by atoms with van der Waals surface area (Å²) < 4.78 is 0. The van der Waals surface area contributed by atoms with E-state index in [1.54, 1.807) is 18.7 Å². The predicted octanol–water partition coefficient (Wildman–Crippen LogP) is 4.21. The van der Waals surface area contributed by atoms with Gasteiger partial charge in [0.2, 0.25) is 0 Å². The zero-order chi connectivity index (χ0) is 28.3. The van der Waals surface area contributed by atoms with Gasteiger partial charge in [0.15, 0.2) is 0 Å². The van der Waals surface area contributed by atoms with Crippen LogP contribution in [0.1, 0.15) is 10.4 Å². The van der Waals surface area contributed by atoms with Crippen molar-refractivity contribution in [2.75, 3.05) is 31.1 Å². The molecule has 1 aliphatic heterocycles. The van der Waals surface area contributed by atoms with Gasteiger partial charge in [0.1, 0.15) is 12.1 Å². The van der Waals surface area contributed by atoms with Crippen molar-refractivity contribution in [2.24, 2.45) is 0 Å². The molecule has 3 aromatic carbocycles. The summed E-state index contributed by atoms with van der Waals surface area (Å²) in [4.78, 5) is 47.2. The number of anilines is 1. The summed E-state index contributed by atoms with van der Waals surface area (Å²) in [6.45, 7) is 2.32. The minimum absolute atomic E-state index is 0.0762. The fourth-order valence-corrected chi connectivity index (χ4v) is 4.65. The van der Waals surface area contributed by atoms with Gasteiger partial charge in [0.05, 0.1) is 5.52 Å². The number of para-hydroxylation sites is 1. The first-order chi connectivity index (χ1) is 19.6. The number of fused-ring (bicyclic) bond motifs is 2. The number of pyridine rings is 1. The Bertz CT molecular complexity index is 1590. The summed E-state index contributed by atoms with van der Waals surface area (Å²) in [6, 6.07) is 24.4. The normalized spacial score (nSPS) is 12.5. The highest BCUT2D eigenvalue weighted by atomic mass is 16.3. The Labute approximate surface area is 230 Å². The first-order valence-electron chi connectivity index (χ1n) is 12.4. The highest BCUT2D eigenvalue weighted by Crippen LogP contribution is 2.26. The standard InChI is InChI=1S/C28H23N5O.2CH2O2/c34-28(24-8-7-22-17-21(5-6-23(22)18-24)20-9-11-29-12-10-20)33-15-13-32(14-16-33)27-25-3-1-2-4-26(25)30-19-31-27;2*2-1-3/h1-12,17-19H,13-16H2;2*1H,(H,2,3). The number of piperazine rings is 1. The number of carbonyl (C=O) groups is 3. The van der Waals surface area contributed by atoms with Crippen LogP contribution in [0.2, 0.25) is 0 Å². The maximum atomic E-state index is 13.3. The van der Waals surface area contributed by atoms with Crippen LogP contribution < -0.4 is 4.90 Å². The van der Waals surface area contributed by atoms with Crippen LogP contribution in [0, 0.1) is 0 Å². The molecule has 10 nitrogen and oxygen atoms in total. The molecule has 40 heavy (non-hydrogen) atoms. The monoisotopic (exact) mass is 537 g/mol. The Balaban J connectivity index is 0.000000568. The molecular weight excluding hydrogens is 510 g/mol. The molecule has 1 fully saturated rings. The van der Waals surface area contributed by atoms with Crippen LogP contribution in [0.3, 0.4) is 0 Å². The SMILES string of the molecule is O=C(c1ccc2cc(-c3ccncc3)ccc2c1)N1CCN(c2ncnc3ccccc23)CC1.O=CO.O=CO. The zero-order valence-electron chi connectivity index (χ0n) is 21.5. The van der Waals surface area contributed by atoms with Gasteiger partial charge >= 0.3 is 0 Å². The smallest absolute Gasteiger partial charge is 0.290 e. The predicted molar refractivity (Wildman–Crippen MR) is 152 cm³/mol. The lowest BCUT2D eigenvalue weighted by atomic mass is 10.0. The van der Waals surface area contributed by atoms with Crippen LogP contribution in [-0.2, 0) is 9.59 Å². The van der Waals surface area contributed by atoms with Gasteiger partial charge in [-0.1, -0.05) is 30.3 Å². The van der Waals surface area contributed by atoms with Crippen molar-refractivity contribution < 1.29 is 24.6 Å². The molecule has 0 saturated carbocycles. The van der Waals surface area contributed by atoms with E-state index in [1.807, 2.05) is 53.4 Å². The number of carbonyl (C=O) groups excluding carboxylic acids is 1. The number of nitrogens with zero attached hydrogens (tertiary/aromatic N) is 5. The van der Waals surface area contributed by atoms with Crippen molar-refractivity contribution in [2.45, 2.75) is 0 Å². The summed E-state index contributed by atoms with van der Waals surface area (Å²) in [6.07, 6.45) is 5.22. The molecule has 5 aromatic rings. The molecule has 0 bridgehead atoms. The Hall–Kier alpha value is -5.38. The Morgan fingerprint density at radius 1 is 0.750 bits per heavy atom. The number of carboxylic acid groups (broad SMARTS) is 2. The van der Waals surface area contributed by atoms with E-state index < -0.39 is 0 Å². The van der Waals surface area contributed by atoms with Gasteiger partial charge in [0, 0.05) is 49.5 Å². The van der Waals surface area contributed by atoms with Crippen LogP contribution in [0.25, 0.3) is 32.8 Å². The second-order valence-electron chi connectivity index (χ2n) is 8.72. The maximum absolute atomic E-state index is 13.3. The fourth-order valence-electron chi connectivity index (χ4n) is 4.65. The number of rotatable bonds is 3. The first-order valence-corrected chi connectivity index (χ1v) is 12.4. The van der Waals surface area contributed by atoms with Gasteiger partial charge in [0.25, 0.3) is 18.9 Å². The van der Waals surface area contributed by atoms with Gasteiger partial charge in [-0.15, -0.1) is 0 Å². The molecule has 0 aliphatic carbocycles. The van der Waals surface area contributed by atoms with E-state index in [2.05, 4.69) is 44.1 Å². The van der Waals surface area contributed by atoms with Crippen molar-refractivity contribution in [1.82, 2.24) is 19.9 Å². The van der Waals surface area contributed by atoms with Crippen molar-refractivity contribution in [3.63, 3.8) is 0 Å². The Morgan fingerprint density at radius 3 is 2.12 bits per heavy atom. The third-order valence-corrected chi connectivity index (χ3v) is 6.49. The largest absolute Gasteiger partial charge is 0.483 e. The summed E-state index contributed by atoms with van der Waals surface area (Å²) in [7, 11) is 0. The molecule has 2 aromatic heterocycles. The van der Waals surface area contributed by atoms with Gasteiger partial charge < -0.3 is 20.0 Å². The van der Waals surface area contributed by atoms with Gasteiger partial charge in [-0.3, -0.25) is 19.4 Å². The summed E-state index contributed by atoms with van der Waals surface area (Å²) >= 11 is 0. The van der Waals surface area contributed by atoms with Gasteiger partial charge in [-0.2, -0.15) is 0 Å². The summed E-state index contributed by atoms with van der Waals surface area (Å²) in [5, 5.41) is 17.0. The van der Waals surface area contributed by atoms with Gasteiger partial charge in [-0.05, 0) is 64.4 Å². The highest BCUT2D eigenvalue weighted by molar-refractivity contribution is 5.99. The number of amides is 1. The van der Waals surface area contributed by atoms with E-state index in [0.29, 0.717) is 13.1 Å². The van der Waals surface area contributed by atoms with Crippen LogP contribution >= 0.6 is 0 Å². The highest BCUT2D eigenvalue weighted by Gasteiger charge is 2.24. The van der Waals surface area contributed by atoms with Crippen molar-refractivity contribution in [3.8, 4) is 11.1 Å². The number of aromatic nitrogens is 3. The third kappa shape index (κ3) is 6.36. The maximum Gasteiger partial charge on any atom is 0.290 e. The lowest BCUT2D eigenvalue weighted by Gasteiger charge is -2.35. The zero-order valence-corrected chi connectivity index (χ0v) is 21.5. The number of benzene rings is 3. The lowest BCUT2D eigenvalue weighted by molar-refractivity contribution is -0.123. The second-order valence-corrected chi connectivity index (χ2v) is 8.72. The minimum atomic E-state index is -0.250. The van der Waals surface area contributed by atoms with Crippen LogP contribution in [0.5, 0.6) is 0 Å². The van der Waals surface area contributed by atoms with Crippen molar-refractivity contribution in [1.29, 1.82) is 0 Å². The molecule has 1 aliphatic rings. The first kappa shape index (κ1) is 27.6. The van der Waals surface area contributed by atoms with Crippen molar-refractivity contribution in [3.05, 3.63) is 97.1 Å². The molecule has 1 saturated heterocycles. The molecule has 1 amide bonds. The molecule has 202 valence electrons. The molecule has 0 spiro atoms. The molecule has 3 heterocycles. The van der Waals surface area contributed by atoms with Crippen LogP contribution in [0.15, 0.2) is 91.5 Å². The van der Waals surface area contributed by atoms with E-state index in [1.165, 1.54) is 0 Å². The average molecular weight is 538 g/mol. The van der Waals surface area contributed by atoms with Crippen molar-refractivity contribution >= 4 is 46.3 Å². The second kappa shape index (κ2) is 13.4. The van der Waals surface area contributed by atoms with E-state index in [9.17, 15) is 4.79 Å². The summed E-state index contributed by atoms with van der Waals surface area (Å²) in [5.74, 6) is 1.01. The Kier molecular flexibility index (Phi) is 9.28. The lowest BCUT2D eigenvalue weighted by Crippen LogP contribution is -2.49. The number of hydrogen-bond acceptors (Lipinski definition) is 7. The molecule has 0 unspecified atom stereocenters. The summed E-state index contributed by atoms with van der Waals surface area (Å²) in [5.41, 5.74) is 3.94. The van der Waals surface area contributed by atoms with E-state index in [0.717, 1.165) is 57.3 Å². The third-order valence-electron chi connectivity index (χ3n) is 6.49. The van der Waals surface area contributed by atoms with Crippen LogP contribution in [-0.4, -0.2) is 75.1 Å².